The maximum Gasteiger partial charge on any atom is 0.142 e. The molecule has 0 saturated heterocycles. The molecule has 0 amide bonds. The molecule has 1 aromatic rings. The molecule has 0 unspecified atom stereocenters. The Morgan fingerprint density at radius 1 is 1.29 bits per heavy atom. The van der Waals surface area contributed by atoms with E-state index in [2.05, 4.69) is 0 Å². The summed E-state index contributed by atoms with van der Waals surface area (Å²) in [5.74, 6) is -0.243. The minimum absolute atomic E-state index is 0.0580. The summed E-state index contributed by atoms with van der Waals surface area (Å²) >= 11 is 0. The summed E-state index contributed by atoms with van der Waals surface area (Å²) in [7, 11) is 0. The second kappa shape index (κ2) is 3.91. The quantitative estimate of drug-likeness (QED) is 0.707. The monoisotopic (exact) mass is 194 g/mol. The first-order chi connectivity index (χ1) is 6.41. The summed E-state index contributed by atoms with van der Waals surface area (Å²) in [5, 5.41) is 0. The summed E-state index contributed by atoms with van der Waals surface area (Å²) in [4.78, 5) is 11.6. The van der Waals surface area contributed by atoms with Crippen LogP contribution in [-0.2, 0) is 11.2 Å². The molecule has 1 rings (SSSR count). The Bertz CT molecular complexity index is 336. The molecular formula is C12H15FO. The zero-order valence-corrected chi connectivity index (χ0v) is 8.80. The van der Waals surface area contributed by atoms with Gasteiger partial charge in [-0.15, -0.1) is 0 Å². The first kappa shape index (κ1) is 10.9. The minimum atomic E-state index is -0.401. The average molecular weight is 194 g/mol. The van der Waals surface area contributed by atoms with Crippen LogP contribution in [0.1, 0.15) is 26.3 Å². The van der Waals surface area contributed by atoms with E-state index in [0.717, 1.165) is 0 Å². The second-order valence-electron chi connectivity index (χ2n) is 4.44. The Morgan fingerprint density at radius 3 is 2.36 bits per heavy atom. The Labute approximate surface area is 83.9 Å². The van der Waals surface area contributed by atoms with Gasteiger partial charge in [-0.1, -0.05) is 39.0 Å². The number of hydrogen-bond donors (Lipinski definition) is 0. The molecule has 14 heavy (non-hydrogen) atoms. The van der Waals surface area contributed by atoms with E-state index in [-0.39, 0.29) is 18.0 Å². The number of ketones is 1. The molecule has 0 fully saturated rings. The highest BCUT2D eigenvalue weighted by molar-refractivity contribution is 5.85. The minimum Gasteiger partial charge on any atom is -0.299 e. The highest BCUT2D eigenvalue weighted by Gasteiger charge is 2.21. The Balaban J connectivity index is 2.80. The van der Waals surface area contributed by atoms with E-state index in [4.69, 9.17) is 0 Å². The normalized spacial score (nSPS) is 11.4. The van der Waals surface area contributed by atoms with E-state index in [1.165, 1.54) is 6.07 Å². The molecule has 0 aliphatic carbocycles. The van der Waals surface area contributed by atoms with E-state index in [1.807, 2.05) is 20.8 Å². The van der Waals surface area contributed by atoms with Gasteiger partial charge in [-0.3, -0.25) is 4.79 Å². The Kier molecular flexibility index (Phi) is 3.04. The molecule has 2 heteroatoms. The van der Waals surface area contributed by atoms with Gasteiger partial charge in [-0.25, -0.2) is 4.39 Å². The van der Waals surface area contributed by atoms with Gasteiger partial charge in [0.2, 0.25) is 0 Å². The van der Waals surface area contributed by atoms with Crippen molar-refractivity contribution in [2.75, 3.05) is 0 Å². The van der Waals surface area contributed by atoms with Crippen molar-refractivity contribution in [1.82, 2.24) is 0 Å². The summed E-state index contributed by atoms with van der Waals surface area (Å²) in [5.41, 5.74) is 0.0786. The standard InChI is InChI=1S/C12H15FO/c1-12(2,3)11(14)8-9-6-4-5-7-10(9)13/h4-7H,8H2,1-3H3. The fourth-order valence-corrected chi connectivity index (χ4v) is 1.08. The molecule has 0 spiro atoms. The van der Waals surface area contributed by atoms with Crippen LogP contribution in [0.3, 0.4) is 0 Å². The van der Waals surface area contributed by atoms with Crippen LogP contribution in [0.2, 0.25) is 0 Å². The number of rotatable bonds is 2. The number of halogens is 1. The van der Waals surface area contributed by atoms with Crippen LogP contribution in [0, 0.1) is 11.2 Å². The molecule has 0 aliphatic rings. The predicted octanol–water partition coefficient (Wildman–Crippen LogP) is 2.98. The van der Waals surface area contributed by atoms with Crippen LogP contribution in [0.25, 0.3) is 0 Å². The summed E-state index contributed by atoms with van der Waals surface area (Å²) < 4.78 is 13.2. The molecule has 1 aromatic carbocycles. The third-order valence-corrected chi connectivity index (χ3v) is 2.15. The zero-order valence-electron chi connectivity index (χ0n) is 8.80. The fraction of sp³-hybridized carbons (Fsp3) is 0.417. The highest BCUT2D eigenvalue weighted by Crippen LogP contribution is 2.18. The molecule has 0 bridgehead atoms. The number of benzene rings is 1. The smallest absolute Gasteiger partial charge is 0.142 e. The summed E-state index contributed by atoms with van der Waals surface area (Å²) in [6.45, 7) is 5.53. The van der Waals surface area contributed by atoms with Crippen molar-refractivity contribution in [3.05, 3.63) is 35.6 Å². The van der Waals surface area contributed by atoms with E-state index in [0.29, 0.717) is 5.56 Å². The lowest BCUT2D eigenvalue weighted by atomic mass is 9.87. The molecule has 0 saturated carbocycles. The zero-order chi connectivity index (χ0) is 10.8. The number of Topliss-reactive ketones (excluding diaryl/α,β-unsaturated/α-hetero) is 1. The molecule has 0 heterocycles. The van der Waals surface area contributed by atoms with E-state index >= 15 is 0 Å². The lowest BCUT2D eigenvalue weighted by molar-refractivity contribution is -0.125. The van der Waals surface area contributed by atoms with Crippen molar-refractivity contribution in [2.24, 2.45) is 5.41 Å². The largest absolute Gasteiger partial charge is 0.299 e. The molecule has 0 N–H and O–H groups in total. The first-order valence-electron chi connectivity index (χ1n) is 4.68. The Hall–Kier alpha value is -1.18. The van der Waals surface area contributed by atoms with Gasteiger partial charge >= 0.3 is 0 Å². The van der Waals surface area contributed by atoms with Crippen molar-refractivity contribution in [2.45, 2.75) is 27.2 Å². The van der Waals surface area contributed by atoms with Crippen molar-refractivity contribution in [1.29, 1.82) is 0 Å². The van der Waals surface area contributed by atoms with Gasteiger partial charge in [-0.05, 0) is 11.6 Å². The van der Waals surface area contributed by atoms with Gasteiger partial charge in [-0.2, -0.15) is 0 Å². The molecule has 0 aromatic heterocycles. The van der Waals surface area contributed by atoms with Gasteiger partial charge in [0.25, 0.3) is 0 Å². The molecule has 0 atom stereocenters. The number of carbonyl (C=O) groups is 1. The molecular weight excluding hydrogens is 179 g/mol. The van der Waals surface area contributed by atoms with E-state index in [1.54, 1.807) is 18.2 Å². The van der Waals surface area contributed by atoms with Gasteiger partial charge in [0.1, 0.15) is 11.6 Å². The van der Waals surface area contributed by atoms with Gasteiger partial charge in [0.15, 0.2) is 0 Å². The van der Waals surface area contributed by atoms with E-state index < -0.39 is 5.41 Å². The highest BCUT2D eigenvalue weighted by atomic mass is 19.1. The summed E-state index contributed by atoms with van der Waals surface area (Å²) in [6.07, 6.45) is 0.177. The van der Waals surface area contributed by atoms with Gasteiger partial charge < -0.3 is 0 Å². The van der Waals surface area contributed by atoms with Crippen molar-refractivity contribution in [3.63, 3.8) is 0 Å². The third kappa shape index (κ3) is 2.66. The number of carbonyl (C=O) groups excluding carboxylic acids is 1. The van der Waals surface area contributed by atoms with Crippen molar-refractivity contribution in [3.8, 4) is 0 Å². The topological polar surface area (TPSA) is 17.1 Å². The van der Waals surface area contributed by atoms with E-state index in [9.17, 15) is 9.18 Å². The third-order valence-electron chi connectivity index (χ3n) is 2.15. The lowest BCUT2D eigenvalue weighted by Gasteiger charge is -2.16. The molecule has 1 nitrogen and oxygen atoms in total. The SMILES string of the molecule is CC(C)(C)C(=O)Cc1ccccc1F. The lowest BCUT2D eigenvalue weighted by Crippen LogP contribution is -2.22. The molecule has 0 radical (unpaired) electrons. The van der Waals surface area contributed by atoms with Crippen molar-refractivity contribution < 1.29 is 9.18 Å². The molecule has 76 valence electrons. The average Bonchev–Trinajstić information content (AvgIpc) is 2.07. The van der Waals surface area contributed by atoms with Crippen LogP contribution in [0.15, 0.2) is 24.3 Å². The molecule has 0 aliphatic heterocycles. The summed E-state index contributed by atoms with van der Waals surface area (Å²) in [6, 6.07) is 6.40. The first-order valence-corrected chi connectivity index (χ1v) is 4.68. The van der Waals surface area contributed by atoms with Gasteiger partial charge in [0.05, 0.1) is 0 Å². The van der Waals surface area contributed by atoms with Gasteiger partial charge in [0, 0.05) is 11.8 Å². The van der Waals surface area contributed by atoms with Crippen LogP contribution in [0.5, 0.6) is 0 Å². The van der Waals surface area contributed by atoms with Crippen LogP contribution >= 0.6 is 0 Å². The van der Waals surface area contributed by atoms with Crippen molar-refractivity contribution >= 4 is 5.78 Å². The second-order valence-corrected chi connectivity index (χ2v) is 4.44. The van der Waals surface area contributed by atoms with Crippen LogP contribution < -0.4 is 0 Å². The van der Waals surface area contributed by atoms with Crippen LogP contribution in [0.4, 0.5) is 4.39 Å². The Morgan fingerprint density at radius 2 is 1.86 bits per heavy atom. The maximum atomic E-state index is 13.2. The van der Waals surface area contributed by atoms with Crippen LogP contribution in [-0.4, -0.2) is 5.78 Å². The predicted molar refractivity (Wildman–Crippen MR) is 54.6 cm³/mol. The maximum absolute atomic E-state index is 13.2. The number of hydrogen-bond acceptors (Lipinski definition) is 1. The fourth-order valence-electron chi connectivity index (χ4n) is 1.08.